The van der Waals surface area contributed by atoms with Gasteiger partial charge in [0.1, 0.15) is 5.75 Å². The molecule has 0 fully saturated rings. The third-order valence-electron chi connectivity index (χ3n) is 7.12. The summed E-state index contributed by atoms with van der Waals surface area (Å²) in [5, 5.41) is 8.95. The Bertz CT molecular complexity index is 1390. The van der Waals surface area contributed by atoms with Crippen LogP contribution in [0.2, 0.25) is 10.0 Å². The highest BCUT2D eigenvalue weighted by Crippen LogP contribution is 2.29. The standard InChI is InChI=1S/C34H41Cl2N3O4/c1-2-3-4-5-6-7-8-9-10-11-12-17-32(40)37-24-33(41)39-38-23-29-27-16-14-13-15-25(27)18-21-31(29)43-34(42)28-20-19-26(35)22-30(28)36/h13-16,18-23H,2-12,17,24H2,1H3,(H,37,40)(H,39,41). The largest absolute Gasteiger partial charge is 0.422 e. The van der Waals surface area contributed by atoms with E-state index in [2.05, 4.69) is 22.8 Å². The molecule has 7 nitrogen and oxygen atoms in total. The summed E-state index contributed by atoms with van der Waals surface area (Å²) in [5.74, 6) is -1.03. The molecule has 0 spiro atoms. The number of carbonyl (C=O) groups is 3. The molecule has 0 radical (unpaired) electrons. The van der Waals surface area contributed by atoms with Crippen molar-refractivity contribution in [3.05, 3.63) is 75.8 Å². The van der Waals surface area contributed by atoms with Gasteiger partial charge in [-0.25, -0.2) is 10.2 Å². The van der Waals surface area contributed by atoms with E-state index in [1.807, 2.05) is 30.3 Å². The first-order valence-electron chi connectivity index (χ1n) is 15.2. The highest BCUT2D eigenvalue weighted by molar-refractivity contribution is 6.36. The van der Waals surface area contributed by atoms with Crippen molar-refractivity contribution in [1.82, 2.24) is 10.7 Å². The first-order valence-corrected chi connectivity index (χ1v) is 15.9. The van der Waals surface area contributed by atoms with Crippen molar-refractivity contribution in [2.24, 2.45) is 5.10 Å². The van der Waals surface area contributed by atoms with Gasteiger partial charge in [0.25, 0.3) is 5.91 Å². The molecule has 0 saturated heterocycles. The lowest BCUT2D eigenvalue weighted by molar-refractivity contribution is -0.126. The number of esters is 1. The molecule has 2 N–H and O–H groups in total. The van der Waals surface area contributed by atoms with Crippen molar-refractivity contribution in [2.45, 2.75) is 84.0 Å². The van der Waals surface area contributed by atoms with E-state index in [-0.39, 0.29) is 28.8 Å². The average molecular weight is 627 g/mol. The van der Waals surface area contributed by atoms with E-state index in [1.165, 1.54) is 69.7 Å². The van der Waals surface area contributed by atoms with Gasteiger partial charge in [-0.05, 0) is 41.5 Å². The maximum atomic E-state index is 12.9. The van der Waals surface area contributed by atoms with E-state index >= 15 is 0 Å². The summed E-state index contributed by atoms with van der Waals surface area (Å²) < 4.78 is 5.66. The number of hydrogen-bond donors (Lipinski definition) is 2. The molecule has 9 heteroatoms. The highest BCUT2D eigenvalue weighted by atomic mass is 35.5. The van der Waals surface area contributed by atoms with Crippen molar-refractivity contribution in [3.8, 4) is 5.75 Å². The molecular weight excluding hydrogens is 585 g/mol. The quantitative estimate of drug-likeness (QED) is 0.0486. The number of ether oxygens (including phenoxy) is 1. The number of nitrogens with zero attached hydrogens (tertiary/aromatic N) is 1. The molecule has 230 valence electrons. The van der Waals surface area contributed by atoms with Gasteiger partial charge in [-0.15, -0.1) is 0 Å². The fourth-order valence-corrected chi connectivity index (χ4v) is 5.22. The first kappa shape index (κ1) is 34.1. The smallest absolute Gasteiger partial charge is 0.345 e. The van der Waals surface area contributed by atoms with Gasteiger partial charge in [0.15, 0.2) is 0 Å². The molecule has 43 heavy (non-hydrogen) atoms. The lowest BCUT2D eigenvalue weighted by Crippen LogP contribution is -2.34. The third kappa shape index (κ3) is 12.0. The second kappa shape index (κ2) is 19.0. The number of hydrazone groups is 1. The highest BCUT2D eigenvalue weighted by Gasteiger charge is 2.16. The molecule has 0 unspecified atom stereocenters. The summed E-state index contributed by atoms with van der Waals surface area (Å²) in [5.41, 5.74) is 3.09. The van der Waals surface area contributed by atoms with Gasteiger partial charge < -0.3 is 10.1 Å². The normalized spacial score (nSPS) is 11.1. The lowest BCUT2D eigenvalue weighted by atomic mass is 10.0. The Hall–Kier alpha value is -3.42. The zero-order chi connectivity index (χ0) is 30.9. The van der Waals surface area contributed by atoms with Gasteiger partial charge >= 0.3 is 5.97 Å². The Labute approximate surface area is 264 Å². The van der Waals surface area contributed by atoms with Crippen LogP contribution in [0.3, 0.4) is 0 Å². The molecule has 3 aromatic rings. The number of nitrogens with one attached hydrogen (secondary N) is 2. The Morgan fingerprint density at radius 2 is 1.49 bits per heavy atom. The van der Waals surface area contributed by atoms with Crippen LogP contribution in [0.15, 0.2) is 59.7 Å². The number of carbonyl (C=O) groups excluding carboxylic acids is 3. The molecule has 3 aromatic carbocycles. The molecule has 0 aromatic heterocycles. The molecule has 0 saturated carbocycles. The van der Waals surface area contributed by atoms with E-state index in [9.17, 15) is 14.4 Å². The summed E-state index contributed by atoms with van der Waals surface area (Å²) in [6.45, 7) is 2.05. The Morgan fingerprint density at radius 3 is 2.19 bits per heavy atom. The van der Waals surface area contributed by atoms with Crippen LogP contribution in [0.25, 0.3) is 10.8 Å². The van der Waals surface area contributed by atoms with Gasteiger partial charge in [0.2, 0.25) is 5.91 Å². The minimum Gasteiger partial charge on any atom is -0.422 e. The van der Waals surface area contributed by atoms with Crippen LogP contribution in [0, 0.1) is 0 Å². The summed E-state index contributed by atoms with van der Waals surface area (Å²) in [6, 6.07) is 15.5. The van der Waals surface area contributed by atoms with E-state index in [1.54, 1.807) is 12.1 Å². The van der Waals surface area contributed by atoms with Crippen molar-refractivity contribution in [1.29, 1.82) is 0 Å². The average Bonchev–Trinajstić information content (AvgIpc) is 2.99. The second-order valence-corrected chi connectivity index (χ2v) is 11.4. The third-order valence-corrected chi connectivity index (χ3v) is 7.67. The van der Waals surface area contributed by atoms with E-state index in [4.69, 9.17) is 27.9 Å². The maximum Gasteiger partial charge on any atom is 0.345 e. The number of fused-ring (bicyclic) bond motifs is 1. The number of unbranched alkanes of at least 4 members (excludes halogenated alkanes) is 10. The van der Waals surface area contributed by atoms with Crippen LogP contribution >= 0.6 is 23.2 Å². The molecule has 0 aliphatic carbocycles. The van der Waals surface area contributed by atoms with E-state index in [0.29, 0.717) is 17.0 Å². The Morgan fingerprint density at radius 1 is 0.814 bits per heavy atom. The number of benzene rings is 3. The van der Waals surface area contributed by atoms with E-state index < -0.39 is 11.9 Å². The zero-order valence-corrected chi connectivity index (χ0v) is 26.3. The van der Waals surface area contributed by atoms with Crippen LogP contribution in [-0.4, -0.2) is 30.5 Å². The molecule has 0 heterocycles. The van der Waals surface area contributed by atoms with Gasteiger partial charge in [-0.1, -0.05) is 125 Å². The first-order chi connectivity index (χ1) is 20.9. The van der Waals surface area contributed by atoms with Crippen molar-refractivity contribution in [2.75, 3.05) is 6.54 Å². The molecule has 2 amide bonds. The summed E-state index contributed by atoms with van der Waals surface area (Å²) >= 11 is 12.1. The molecule has 0 bridgehead atoms. The molecule has 0 aliphatic rings. The molecule has 3 rings (SSSR count). The van der Waals surface area contributed by atoms with Gasteiger partial charge in [0.05, 0.1) is 23.3 Å². The minimum absolute atomic E-state index is 0.154. The van der Waals surface area contributed by atoms with Crippen LogP contribution in [-0.2, 0) is 9.59 Å². The Balaban J connectivity index is 1.44. The Kier molecular flexibility index (Phi) is 15.0. The molecule has 0 atom stereocenters. The molecular formula is C34H41Cl2N3O4. The number of hydrogen-bond acceptors (Lipinski definition) is 5. The summed E-state index contributed by atoms with van der Waals surface area (Å²) in [6.07, 6.45) is 15.2. The van der Waals surface area contributed by atoms with Crippen LogP contribution in [0.1, 0.15) is 99.9 Å². The predicted molar refractivity (Wildman–Crippen MR) is 175 cm³/mol. The minimum atomic E-state index is -0.656. The number of rotatable bonds is 18. The fraction of sp³-hybridized carbons (Fsp3) is 0.412. The predicted octanol–water partition coefficient (Wildman–Crippen LogP) is 8.63. The second-order valence-electron chi connectivity index (χ2n) is 10.6. The topological polar surface area (TPSA) is 96.9 Å². The monoisotopic (exact) mass is 625 g/mol. The van der Waals surface area contributed by atoms with Crippen molar-refractivity contribution < 1.29 is 19.1 Å². The van der Waals surface area contributed by atoms with Crippen molar-refractivity contribution >= 4 is 58.0 Å². The maximum absolute atomic E-state index is 12.9. The van der Waals surface area contributed by atoms with Crippen LogP contribution in [0.5, 0.6) is 5.75 Å². The number of amides is 2. The summed E-state index contributed by atoms with van der Waals surface area (Å²) in [7, 11) is 0. The van der Waals surface area contributed by atoms with Crippen LogP contribution < -0.4 is 15.5 Å². The van der Waals surface area contributed by atoms with Gasteiger partial charge in [-0.2, -0.15) is 5.10 Å². The van der Waals surface area contributed by atoms with E-state index in [0.717, 1.165) is 30.0 Å². The molecule has 0 aliphatic heterocycles. The lowest BCUT2D eigenvalue weighted by Gasteiger charge is -2.11. The van der Waals surface area contributed by atoms with Crippen molar-refractivity contribution in [3.63, 3.8) is 0 Å². The van der Waals surface area contributed by atoms with Crippen LogP contribution in [0.4, 0.5) is 0 Å². The number of halogens is 2. The van der Waals surface area contributed by atoms with Gasteiger partial charge in [-0.3, -0.25) is 9.59 Å². The zero-order valence-electron chi connectivity index (χ0n) is 24.8. The SMILES string of the molecule is CCCCCCCCCCCCCC(=O)NCC(=O)NN=Cc1c(OC(=O)c2ccc(Cl)cc2Cl)ccc2ccccc12. The summed E-state index contributed by atoms with van der Waals surface area (Å²) in [4.78, 5) is 37.3. The fourth-order valence-electron chi connectivity index (χ4n) is 4.73. The van der Waals surface area contributed by atoms with Gasteiger partial charge in [0, 0.05) is 17.0 Å².